The maximum atomic E-state index is 12.0. The minimum atomic E-state index is -3.54. The lowest BCUT2D eigenvalue weighted by Gasteiger charge is -2.04. The number of sulfonamides is 1. The van der Waals surface area contributed by atoms with Gasteiger partial charge in [-0.3, -0.25) is 4.68 Å². The van der Waals surface area contributed by atoms with Gasteiger partial charge in [-0.25, -0.2) is 18.1 Å². The van der Waals surface area contributed by atoms with Crippen LogP contribution < -0.4 is 4.72 Å². The van der Waals surface area contributed by atoms with E-state index >= 15 is 0 Å². The molecule has 6 nitrogen and oxygen atoms in total. The van der Waals surface area contributed by atoms with Gasteiger partial charge in [0, 0.05) is 12.7 Å². The molecule has 2 aromatic rings. The molecule has 9 heteroatoms. The maximum absolute atomic E-state index is 12.0. The van der Waals surface area contributed by atoms with Gasteiger partial charge in [-0.15, -0.1) is 0 Å². The Labute approximate surface area is 124 Å². The van der Waals surface area contributed by atoms with Crippen molar-refractivity contribution in [3.8, 4) is 0 Å². The highest BCUT2D eigenvalue weighted by Crippen LogP contribution is 2.26. The SMILES string of the molecule is Cc1cnn(CCNS(=O)(=O)c2nc(C)c(Br)s2)c1. The Morgan fingerprint density at radius 1 is 1.47 bits per heavy atom. The molecule has 2 aromatic heterocycles. The molecule has 0 atom stereocenters. The molecule has 0 unspecified atom stereocenters. The number of nitrogens with zero attached hydrogens (tertiary/aromatic N) is 3. The lowest BCUT2D eigenvalue weighted by Crippen LogP contribution is -2.27. The fraction of sp³-hybridized carbons (Fsp3) is 0.400. The largest absolute Gasteiger partial charge is 0.271 e. The van der Waals surface area contributed by atoms with Crippen molar-refractivity contribution in [2.45, 2.75) is 24.7 Å². The van der Waals surface area contributed by atoms with Crippen LogP contribution in [0.3, 0.4) is 0 Å². The van der Waals surface area contributed by atoms with E-state index in [9.17, 15) is 8.42 Å². The van der Waals surface area contributed by atoms with E-state index in [1.165, 1.54) is 0 Å². The number of aromatic nitrogens is 3. The van der Waals surface area contributed by atoms with E-state index in [-0.39, 0.29) is 10.9 Å². The summed E-state index contributed by atoms with van der Waals surface area (Å²) in [5.41, 5.74) is 1.72. The maximum Gasteiger partial charge on any atom is 0.267 e. The fourth-order valence-electron chi connectivity index (χ4n) is 1.41. The molecule has 104 valence electrons. The summed E-state index contributed by atoms with van der Waals surface area (Å²) in [5, 5.41) is 4.09. The topological polar surface area (TPSA) is 76.9 Å². The number of aryl methyl sites for hydroxylation is 2. The fourth-order valence-corrected chi connectivity index (χ4v) is 4.42. The average molecular weight is 365 g/mol. The molecule has 19 heavy (non-hydrogen) atoms. The number of hydrogen-bond donors (Lipinski definition) is 1. The summed E-state index contributed by atoms with van der Waals surface area (Å²) in [6, 6.07) is 0. The van der Waals surface area contributed by atoms with Crippen LogP contribution in [0.5, 0.6) is 0 Å². The molecule has 0 spiro atoms. The molecule has 0 aliphatic rings. The van der Waals surface area contributed by atoms with Crippen LogP contribution in [0.2, 0.25) is 0 Å². The molecule has 2 rings (SSSR count). The smallest absolute Gasteiger partial charge is 0.267 e. The van der Waals surface area contributed by atoms with Crippen LogP contribution in [0.1, 0.15) is 11.3 Å². The molecule has 0 saturated carbocycles. The highest BCUT2D eigenvalue weighted by molar-refractivity contribution is 9.11. The van der Waals surface area contributed by atoms with Gasteiger partial charge >= 0.3 is 0 Å². The predicted octanol–water partition coefficient (Wildman–Crippen LogP) is 1.70. The van der Waals surface area contributed by atoms with Crippen molar-refractivity contribution in [3.05, 3.63) is 27.4 Å². The van der Waals surface area contributed by atoms with Crippen molar-refractivity contribution in [3.63, 3.8) is 0 Å². The van der Waals surface area contributed by atoms with Crippen molar-refractivity contribution < 1.29 is 8.42 Å². The minimum absolute atomic E-state index is 0.0773. The van der Waals surface area contributed by atoms with Gasteiger partial charge in [0.05, 0.1) is 22.2 Å². The molecule has 0 fully saturated rings. The van der Waals surface area contributed by atoms with E-state index in [4.69, 9.17) is 0 Å². The van der Waals surface area contributed by atoms with Crippen molar-refractivity contribution in [2.75, 3.05) is 6.54 Å². The predicted molar refractivity (Wildman–Crippen MR) is 76.7 cm³/mol. The Bertz CT molecular complexity index is 658. The molecule has 0 aliphatic heterocycles. The number of thiazole rings is 1. The van der Waals surface area contributed by atoms with E-state index in [0.29, 0.717) is 12.2 Å². The quantitative estimate of drug-likeness (QED) is 0.875. The number of rotatable bonds is 5. The first-order chi connectivity index (χ1) is 8.88. The van der Waals surface area contributed by atoms with E-state index in [0.717, 1.165) is 20.7 Å². The van der Waals surface area contributed by atoms with Gasteiger partial charge in [-0.1, -0.05) is 11.3 Å². The summed E-state index contributed by atoms with van der Waals surface area (Å²) in [4.78, 5) is 4.01. The van der Waals surface area contributed by atoms with Crippen molar-refractivity contribution in [1.29, 1.82) is 0 Å². The molecule has 0 amide bonds. The third-order valence-electron chi connectivity index (χ3n) is 2.35. The second-order valence-electron chi connectivity index (χ2n) is 4.02. The first-order valence-corrected chi connectivity index (χ1v) is 8.59. The van der Waals surface area contributed by atoms with Gasteiger partial charge in [-0.2, -0.15) is 5.10 Å². The highest BCUT2D eigenvalue weighted by Gasteiger charge is 2.19. The van der Waals surface area contributed by atoms with E-state index < -0.39 is 10.0 Å². The molecule has 0 saturated heterocycles. The van der Waals surface area contributed by atoms with E-state index in [1.807, 2.05) is 13.1 Å². The average Bonchev–Trinajstić information content (AvgIpc) is 2.87. The normalized spacial score (nSPS) is 11.9. The highest BCUT2D eigenvalue weighted by atomic mass is 79.9. The van der Waals surface area contributed by atoms with Gasteiger partial charge in [0.2, 0.25) is 4.34 Å². The third kappa shape index (κ3) is 3.62. The number of hydrogen-bond acceptors (Lipinski definition) is 5. The first-order valence-electron chi connectivity index (χ1n) is 5.50. The standard InChI is InChI=1S/C10H13BrN4O2S2/c1-7-5-12-15(6-7)4-3-13-19(16,17)10-14-8(2)9(11)18-10/h5-6,13H,3-4H2,1-2H3. The zero-order chi connectivity index (χ0) is 14.0. The summed E-state index contributed by atoms with van der Waals surface area (Å²) < 4.78 is 29.0. The van der Waals surface area contributed by atoms with Gasteiger partial charge < -0.3 is 0 Å². The van der Waals surface area contributed by atoms with Crippen LogP contribution >= 0.6 is 27.3 Å². The third-order valence-corrected chi connectivity index (χ3v) is 6.19. The van der Waals surface area contributed by atoms with Crippen LogP contribution in [0, 0.1) is 13.8 Å². The minimum Gasteiger partial charge on any atom is -0.271 e. The van der Waals surface area contributed by atoms with Crippen LogP contribution in [-0.4, -0.2) is 29.7 Å². The summed E-state index contributed by atoms with van der Waals surface area (Å²) in [7, 11) is -3.54. The van der Waals surface area contributed by atoms with Crippen molar-refractivity contribution >= 4 is 37.3 Å². The lowest BCUT2D eigenvalue weighted by molar-refractivity contribution is 0.560. The molecule has 0 aromatic carbocycles. The van der Waals surface area contributed by atoms with Crippen LogP contribution in [0.15, 0.2) is 20.5 Å². The van der Waals surface area contributed by atoms with E-state index in [1.54, 1.807) is 17.8 Å². The monoisotopic (exact) mass is 364 g/mol. The van der Waals surface area contributed by atoms with Gasteiger partial charge in [0.1, 0.15) is 0 Å². The Hall–Kier alpha value is -0.770. The zero-order valence-electron chi connectivity index (χ0n) is 10.4. The summed E-state index contributed by atoms with van der Waals surface area (Å²) in [6.07, 6.45) is 3.59. The molecule has 0 radical (unpaired) electrons. The summed E-state index contributed by atoms with van der Waals surface area (Å²) in [6.45, 7) is 4.45. The molecule has 1 N–H and O–H groups in total. The zero-order valence-corrected chi connectivity index (χ0v) is 13.6. The molecular weight excluding hydrogens is 352 g/mol. The van der Waals surface area contributed by atoms with Crippen LogP contribution in [0.4, 0.5) is 0 Å². The Morgan fingerprint density at radius 3 is 2.74 bits per heavy atom. The molecule has 0 bridgehead atoms. The number of halogens is 1. The first kappa shape index (κ1) is 14.6. The summed E-state index contributed by atoms with van der Waals surface area (Å²) >= 11 is 4.37. The van der Waals surface area contributed by atoms with Crippen LogP contribution in [0.25, 0.3) is 0 Å². The van der Waals surface area contributed by atoms with Gasteiger partial charge in [0.25, 0.3) is 10.0 Å². The Balaban J connectivity index is 1.98. The molecule has 2 heterocycles. The second kappa shape index (κ2) is 5.70. The van der Waals surface area contributed by atoms with Crippen LogP contribution in [-0.2, 0) is 16.6 Å². The van der Waals surface area contributed by atoms with Crippen molar-refractivity contribution in [1.82, 2.24) is 19.5 Å². The Kier molecular flexibility index (Phi) is 4.39. The van der Waals surface area contributed by atoms with Crippen molar-refractivity contribution in [2.24, 2.45) is 0 Å². The number of nitrogens with one attached hydrogen (secondary N) is 1. The lowest BCUT2D eigenvalue weighted by atomic mass is 10.4. The van der Waals surface area contributed by atoms with E-state index in [2.05, 4.69) is 30.7 Å². The molecular formula is C10H13BrN4O2S2. The second-order valence-corrected chi connectivity index (χ2v) is 8.28. The summed E-state index contributed by atoms with van der Waals surface area (Å²) in [5.74, 6) is 0. The van der Waals surface area contributed by atoms with Gasteiger partial charge in [0.15, 0.2) is 0 Å². The van der Waals surface area contributed by atoms with Gasteiger partial charge in [-0.05, 0) is 35.3 Å². The molecule has 0 aliphatic carbocycles. The Morgan fingerprint density at radius 2 is 2.21 bits per heavy atom.